The molecular weight excluding hydrogens is 348 g/mol. The Hall–Kier alpha value is -2.33. The maximum atomic E-state index is 12.4. The highest BCUT2D eigenvalue weighted by Crippen LogP contribution is 2.39. The van der Waals surface area contributed by atoms with Crippen LogP contribution in [0.2, 0.25) is 5.02 Å². The van der Waals surface area contributed by atoms with Crippen LogP contribution in [0.4, 0.5) is 5.69 Å². The van der Waals surface area contributed by atoms with Crippen LogP contribution in [-0.2, 0) is 22.4 Å². The van der Waals surface area contributed by atoms with Crippen molar-refractivity contribution >= 4 is 29.1 Å². The van der Waals surface area contributed by atoms with Gasteiger partial charge in [-0.25, -0.2) is 0 Å². The number of nitrogens with one attached hydrogen (secondary N) is 2. The van der Waals surface area contributed by atoms with E-state index in [-0.39, 0.29) is 23.7 Å². The SMILES string of the molecule is CCc1ccccc1NC(=O)C1CC1C(=O)NCCc1cccc(Cl)c1. The summed E-state index contributed by atoms with van der Waals surface area (Å²) in [5, 5.41) is 6.58. The highest BCUT2D eigenvalue weighted by Gasteiger charge is 2.47. The van der Waals surface area contributed by atoms with Crippen molar-refractivity contribution < 1.29 is 9.59 Å². The van der Waals surface area contributed by atoms with E-state index >= 15 is 0 Å². The number of hydrogen-bond acceptors (Lipinski definition) is 2. The van der Waals surface area contributed by atoms with E-state index in [9.17, 15) is 9.59 Å². The Kier molecular flexibility index (Phi) is 5.94. The van der Waals surface area contributed by atoms with Crippen molar-refractivity contribution in [2.24, 2.45) is 11.8 Å². The highest BCUT2D eigenvalue weighted by molar-refractivity contribution is 6.30. The van der Waals surface area contributed by atoms with Crippen LogP contribution in [0.15, 0.2) is 48.5 Å². The molecule has 2 atom stereocenters. The molecule has 3 rings (SSSR count). The monoisotopic (exact) mass is 370 g/mol. The summed E-state index contributed by atoms with van der Waals surface area (Å²) in [4.78, 5) is 24.6. The molecule has 0 spiro atoms. The lowest BCUT2D eigenvalue weighted by atomic mass is 10.1. The molecule has 0 bridgehead atoms. The third-order valence-electron chi connectivity index (χ3n) is 4.72. The fraction of sp³-hybridized carbons (Fsp3) is 0.333. The molecule has 0 aliphatic heterocycles. The molecule has 136 valence electrons. The number of hydrogen-bond donors (Lipinski definition) is 2. The molecule has 0 radical (unpaired) electrons. The summed E-state index contributed by atoms with van der Waals surface area (Å²) >= 11 is 5.96. The lowest BCUT2D eigenvalue weighted by Gasteiger charge is -2.09. The third kappa shape index (κ3) is 4.64. The average Bonchev–Trinajstić information content (AvgIpc) is 3.43. The number of halogens is 1. The smallest absolute Gasteiger partial charge is 0.228 e. The number of anilines is 1. The van der Waals surface area contributed by atoms with Crippen LogP contribution in [0.25, 0.3) is 0 Å². The molecule has 0 saturated heterocycles. The summed E-state index contributed by atoms with van der Waals surface area (Å²) in [7, 11) is 0. The number of amides is 2. The van der Waals surface area contributed by atoms with E-state index < -0.39 is 0 Å². The second kappa shape index (κ2) is 8.37. The Morgan fingerprint density at radius 2 is 1.85 bits per heavy atom. The van der Waals surface area contributed by atoms with Gasteiger partial charge in [0, 0.05) is 17.3 Å². The molecule has 1 fully saturated rings. The Labute approximate surface area is 158 Å². The van der Waals surface area contributed by atoms with Gasteiger partial charge in [0.25, 0.3) is 0 Å². The largest absolute Gasteiger partial charge is 0.356 e. The van der Waals surface area contributed by atoms with Gasteiger partial charge in [-0.2, -0.15) is 0 Å². The molecule has 2 amide bonds. The van der Waals surface area contributed by atoms with Gasteiger partial charge < -0.3 is 10.6 Å². The van der Waals surface area contributed by atoms with E-state index in [1.165, 1.54) is 0 Å². The van der Waals surface area contributed by atoms with Gasteiger partial charge in [-0.1, -0.05) is 48.9 Å². The molecule has 2 N–H and O–H groups in total. The van der Waals surface area contributed by atoms with Gasteiger partial charge in [0.05, 0.1) is 11.8 Å². The van der Waals surface area contributed by atoms with Gasteiger partial charge in [0.2, 0.25) is 11.8 Å². The topological polar surface area (TPSA) is 58.2 Å². The summed E-state index contributed by atoms with van der Waals surface area (Å²) in [6.07, 6.45) is 2.19. The highest BCUT2D eigenvalue weighted by atomic mass is 35.5. The Morgan fingerprint density at radius 3 is 2.62 bits per heavy atom. The molecule has 1 aliphatic rings. The first-order valence-corrected chi connectivity index (χ1v) is 9.37. The third-order valence-corrected chi connectivity index (χ3v) is 4.96. The number of aryl methyl sites for hydroxylation is 1. The van der Waals surface area contributed by atoms with Crippen LogP contribution in [-0.4, -0.2) is 18.4 Å². The Bertz CT molecular complexity index is 806. The summed E-state index contributed by atoms with van der Waals surface area (Å²) in [6.45, 7) is 2.60. The van der Waals surface area contributed by atoms with Crippen molar-refractivity contribution in [3.05, 3.63) is 64.7 Å². The predicted octanol–water partition coefficient (Wildman–Crippen LogP) is 3.84. The maximum Gasteiger partial charge on any atom is 0.228 e. The maximum absolute atomic E-state index is 12.4. The molecule has 5 heteroatoms. The van der Waals surface area contributed by atoms with Crippen molar-refractivity contribution in [1.29, 1.82) is 0 Å². The zero-order valence-electron chi connectivity index (χ0n) is 14.8. The fourth-order valence-corrected chi connectivity index (χ4v) is 3.32. The Morgan fingerprint density at radius 1 is 1.08 bits per heavy atom. The number of benzene rings is 2. The molecule has 26 heavy (non-hydrogen) atoms. The predicted molar refractivity (Wildman–Crippen MR) is 104 cm³/mol. The zero-order chi connectivity index (χ0) is 18.5. The van der Waals surface area contributed by atoms with Crippen LogP contribution in [0, 0.1) is 11.8 Å². The molecule has 1 saturated carbocycles. The molecular formula is C21H23ClN2O2. The van der Waals surface area contributed by atoms with Crippen LogP contribution >= 0.6 is 11.6 Å². The first-order valence-electron chi connectivity index (χ1n) is 8.99. The summed E-state index contributed by atoms with van der Waals surface area (Å²) in [6, 6.07) is 15.4. The second-order valence-electron chi connectivity index (χ2n) is 6.62. The summed E-state index contributed by atoms with van der Waals surface area (Å²) < 4.78 is 0. The molecule has 2 aromatic carbocycles. The van der Waals surface area contributed by atoms with E-state index in [1.54, 1.807) is 0 Å². The van der Waals surface area contributed by atoms with E-state index in [0.29, 0.717) is 18.0 Å². The number of carbonyl (C=O) groups is 2. The van der Waals surface area contributed by atoms with Crippen LogP contribution in [0.3, 0.4) is 0 Å². The normalized spacial score (nSPS) is 18.2. The molecule has 2 aromatic rings. The molecule has 2 unspecified atom stereocenters. The minimum Gasteiger partial charge on any atom is -0.356 e. The fourth-order valence-electron chi connectivity index (χ4n) is 3.10. The quantitative estimate of drug-likeness (QED) is 0.778. The van der Waals surface area contributed by atoms with Gasteiger partial charge in [-0.3, -0.25) is 9.59 Å². The standard InChI is InChI=1S/C21H23ClN2O2/c1-2-15-7-3-4-9-19(15)24-21(26)18-13-17(18)20(25)23-11-10-14-6-5-8-16(22)12-14/h3-9,12,17-18H,2,10-11,13H2,1H3,(H,23,25)(H,24,26). The second-order valence-corrected chi connectivity index (χ2v) is 7.06. The van der Waals surface area contributed by atoms with Gasteiger partial charge in [0.1, 0.15) is 0 Å². The van der Waals surface area contributed by atoms with E-state index in [4.69, 9.17) is 11.6 Å². The Balaban J connectivity index is 1.45. The van der Waals surface area contributed by atoms with Crippen LogP contribution < -0.4 is 10.6 Å². The van der Waals surface area contributed by atoms with E-state index in [1.807, 2.05) is 48.5 Å². The molecule has 1 aliphatic carbocycles. The number of para-hydroxylation sites is 1. The van der Waals surface area contributed by atoms with Crippen LogP contribution in [0.1, 0.15) is 24.5 Å². The van der Waals surface area contributed by atoms with Gasteiger partial charge in [-0.15, -0.1) is 0 Å². The van der Waals surface area contributed by atoms with Gasteiger partial charge in [-0.05, 0) is 48.6 Å². The molecule has 4 nitrogen and oxygen atoms in total. The van der Waals surface area contributed by atoms with Crippen molar-refractivity contribution in [2.45, 2.75) is 26.2 Å². The minimum absolute atomic E-state index is 0.0454. The lowest BCUT2D eigenvalue weighted by molar-refractivity contribution is -0.125. The van der Waals surface area contributed by atoms with E-state index in [0.717, 1.165) is 29.7 Å². The zero-order valence-corrected chi connectivity index (χ0v) is 15.6. The summed E-state index contributed by atoms with van der Waals surface area (Å²) in [5.74, 6) is -0.564. The number of rotatable bonds is 7. The first-order chi connectivity index (χ1) is 12.6. The lowest BCUT2D eigenvalue weighted by Crippen LogP contribution is -2.29. The minimum atomic E-state index is -0.230. The molecule has 0 aromatic heterocycles. The summed E-state index contributed by atoms with van der Waals surface area (Å²) in [5.41, 5.74) is 3.02. The van der Waals surface area contributed by atoms with Gasteiger partial charge in [0.15, 0.2) is 0 Å². The first kappa shape index (κ1) is 18.5. The van der Waals surface area contributed by atoms with Crippen molar-refractivity contribution in [2.75, 3.05) is 11.9 Å². The van der Waals surface area contributed by atoms with Crippen molar-refractivity contribution in [3.8, 4) is 0 Å². The van der Waals surface area contributed by atoms with Crippen LogP contribution in [0.5, 0.6) is 0 Å². The number of carbonyl (C=O) groups excluding carboxylic acids is 2. The van der Waals surface area contributed by atoms with Crippen molar-refractivity contribution in [3.63, 3.8) is 0 Å². The van der Waals surface area contributed by atoms with Crippen molar-refractivity contribution in [1.82, 2.24) is 5.32 Å². The van der Waals surface area contributed by atoms with E-state index in [2.05, 4.69) is 17.6 Å². The molecule has 0 heterocycles. The van der Waals surface area contributed by atoms with Gasteiger partial charge >= 0.3 is 0 Å². The average molecular weight is 371 g/mol.